The van der Waals surface area contributed by atoms with Crippen LogP contribution in [-0.2, 0) is 6.67 Å². The first-order valence-corrected chi connectivity index (χ1v) is 11.6. The van der Waals surface area contributed by atoms with E-state index >= 15 is 0 Å². The Morgan fingerprint density at radius 3 is 2.56 bits per heavy atom. The number of fused-ring (bicyclic) bond motifs is 1. The van der Waals surface area contributed by atoms with Crippen molar-refractivity contribution >= 4 is 39.6 Å². The topological polar surface area (TPSA) is 65.2 Å². The zero-order valence-corrected chi connectivity index (χ0v) is 20.0. The summed E-state index contributed by atoms with van der Waals surface area (Å²) in [6, 6.07) is 13.9. The minimum absolute atomic E-state index is 0.121. The molecule has 0 bridgehead atoms. The third-order valence-corrected chi connectivity index (χ3v) is 6.47. The number of piperidine rings is 1. The molecule has 1 fully saturated rings. The largest absolute Gasteiger partial charge is 0.493 e. The van der Waals surface area contributed by atoms with Gasteiger partial charge in [0.15, 0.2) is 5.69 Å². The number of nitrogens with one attached hydrogen (secondary N) is 1. The first-order valence-electron chi connectivity index (χ1n) is 11.1. The number of benzene rings is 2. The maximum absolute atomic E-state index is 11.1. The van der Waals surface area contributed by atoms with E-state index in [0.717, 1.165) is 35.2 Å². The Morgan fingerprint density at radius 1 is 1.09 bits per heavy atom. The first-order chi connectivity index (χ1) is 15.3. The highest BCUT2D eigenvalue weighted by Crippen LogP contribution is 2.39. The molecule has 4 rings (SSSR count). The van der Waals surface area contributed by atoms with Crippen LogP contribution < -0.4 is 5.32 Å². The molecule has 0 amide bonds. The Kier molecular flexibility index (Phi) is 6.58. The van der Waals surface area contributed by atoms with Crippen LogP contribution in [0.25, 0.3) is 10.9 Å². The zero-order valence-electron chi connectivity index (χ0n) is 19.2. The molecule has 0 spiro atoms. The lowest BCUT2D eigenvalue weighted by Crippen LogP contribution is -2.39. The lowest BCUT2D eigenvalue weighted by molar-refractivity contribution is 0.108. The molecular formula is C25H31N5OS. The van der Waals surface area contributed by atoms with Gasteiger partial charge in [0.05, 0.1) is 12.2 Å². The molecule has 0 unspecified atom stereocenters. The number of thiocarbonyl (C=S) groups is 1. The number of anilines is 1. The van der Waals surface area contributed by atoms with E-state index in [9.17, 15) is 5.11 Å². The molecule has 2 N–H and O–H groups in total. The van der Waals surface area contributed by atoms with E-state index in [0.29, 0.717) is 24.2 Å². The molecule has 7 heteroatoms. The molecule has 168 valence electrons. The molecule has 6 nitrogen and oxygen atoms in total. The molecule has 2 atom stereocenters. The summed E-state index contributed by atoms with van der Waals surface area (Å²) in [5.41, 5.74) is 4.60. The SMILES string of the molecule is Cc1cccc(NC(=S)N=Nc2c(O)n(CN3C[C@H](C)C[C@@H](C)C3)c3ccccc23)c1C. The molecule has 1 aliphatic heterocycles. The van der Waals surface area contributed by atoms with Gasteiger partial charge in [0.1, 0.15) is 0 Å². The summed E-state index contributed by atoms with van der Waals surface area (Å²) in [6.45, 7) is 11.4. The maximum Gasteiger partial charge on any atom is 0.221 e. The minimum Gasteiger partial charge on any atom is -0.493 e. The van der Waals surface area contributed by atoms with E-state index in [4.69, 9.17) is 12.2 Å². The molecule has 1 aromatic heterocycles. The van der Waals surface area contributed by atoms with Crippen LogP contribution in [0, 0.1) is 25.7 Å². The zero-order chi connectivity index (χ0) is 22.8. The summed E-state index contributed by atoms with van der Waals surface area (Å²) in [7, 11) is 0. The summed E-state index contributed by atoms with van der Waals surface area (Å²) < 4.78 is 1.93. The fourth-order valence-corrected chi connectivity index (χ4v) is 4.89. The van der Waals surface area contributed by atoms with Crippen molar-refractivity contribution in [2.45, 2.75) is 40.8 Å². The van der Waals surface area contributed by atoms with Crippen LogP contribution in [0.1, 0.15) is 31.4 Å². The van der Waals surface area contributed by atoms with Crippen molar-refractivity contribution in [3.63, 3.8) is 0 Å². The number of aromatic hydroxyl groups is 1. The van der Waals surface area contributed by atoms with Crippen molar-refractivity contribution in [3.05, 3.63) is 53.6 Å². The van der Waals surface area contributed by atoms with Gasteiger partial charge in [-0.3, -0.25) is 9.47 Å². The van der Waals surface area contributed by atoms with Crippen LogP contribution in [0.4, 0.5) is 11.4 Å². The van der Waals surface area contributed by atoms with E-state index in [-0.39, 0.29) is 11.0 Å². The highest BCUT2D eigenvalue weighted by molar-refractivity contribution is 7.80. The van der Waals surface area contributed by atoms with Gasteiger partial charge in [-0.15, -0.1) is 10.2 Å². The van der Waals surface area contributed by atoms with E-state index in [1.807, 2.05) is 47.9 Å². The van der Waals surface area contributed by atoms with Crippen LogP contribution in [0.3, 0.4) is 0 Å². The third-order valence-electron chi connectivity index (χ3n) is 6.29. The van der Waals surface area contributed by atoms with Gasteiger partial charge in [0.25, 0.3) is 0 Å². The molecule has 0 saturated carbocycles. The van der Waals surface area contributed by atoms with Crippen LogP contribution in [-0.4, -0.2) is 32.8 Å². The number of likely N-dealkylation sites (tertiary alicyclic amines) is 1. The Bertz CT molecular complexity index is 1160. The van der Waals surface area contributed by atoms with E-state index in [1.165, 1.54) is 12.0 Å². The lowest BCUT2D eigenvalue weighted by Gasteiger charge is -2.35. The molecule has 2 aromatic carbocycles. The van der Waals surface area contributed by atoms with E-state index < -0.39 is 0 Å². The summed E-state index contributed by atoms with van der Waals surface area (Å²) in [6.07, 6.45) is 1.25. The van der Waals surface area contributed by atoms with Gasteiger partial charge in [-0.2, -0.15) is 0 Å². The number of aryl methyl sites for hydroxylation is 1. The van der Waals surface area contributed by atoms with Crippen molar-refractivity contribution in [3.8, 4) is 5.88 Å². The molecule has 32 heavy (non-hydrogen) atoms. The first kappa shape index (κ1) is 22.4. The fourth-order valence-electron chi connectivity index (χ4n) is 4.74. The molecule has 0 aliphatic carbocycles. The Morgan fingerprint density at radius 2 is 1.81 bits per heavy atom. The highest BCUT2D eigenvalue weighted by Gasteiger charge is 2.24. The molecule has 1 aliphatic rings. The molecule has 3 aromatic rings. The smallest absolute Gasteiger partial charge is 0.221 e. The van der Waals surface area contributed by atoms with Crippen molar-refractivity contribution < 1.29 is 5.11 Å². The molecule has 2 heterocycles. The lowest BCUT2D eigenvalue weighted by atomic mass is 9.92. The third kappa shape index (κ3) is 4.69. The standard InChI is InChI=1S/C25H31N5OS/c1-16-12-17(2)14-29(13-16)15-30-22-11-6-5-9-20(22)23(24(30)31)27-28-25(32)26-21-10-7-8-18(3)19(21)4/h5-11,16-17,31H,12-15H2,1-4H3,(H,26,32)/t16-,17-/m1/s1. The quantitative estimate of drug-likeness (QED) is 0.358. The van der Waals surface area contributed by atoms with Crippen LogP contribution in [0.15, 0.2) is 52.7 Å². The van der Waals surface area contributed by atoms with Gasteiger partial charge >= 0.3 is 0 Å². The molecule has 0 radical (unpaired) electrons. The molecule has 1 saturated heterocycles. The number of aromatic nitrogens is 1. The van der Waals surface area contributed by atoms with Crippen LogP contribution >= 0.6 is 12.2 Å². The second-order valence-corrected chi connectivity index (χ2v) is 9.51. The number of para-hydroxylation sites is 1. The van der Waals surface area contributed by atoms with Gasteiger partial charge in [-0.1, -0.05) is 44.2 Å². The van der Waals surface area contributed by atoms with Gasteiger partial charge < -0.3 is 10.4 Å². The summed E-state index contributed by atoms with van der Waals surface area (Å²) in [4.78, 5) is 2.40. The summed E-state index contributed by atoms with van der Waals surface area (Å²) >= 11 is 5.40. The average Bonchev–Trinajstić information content (AvgIpc) is 3.00. The Labute approximate surface area is 195 Å². The Balaban J connectivity index is 1.59. The monoisotopic (exact) mass is 449 g/mol. The van der Waals surface area contributed by atoms with Crippen molar-refractivity contribution in [2.75, 3.05) is 18.4 Å². The van der Waals surface area contributed by atoms with Gasteiger partial charge in [-0.25, -0.2) is 0 Å². The van der Waals surface area contributed by atoms with Crippen molar-refractivity contribution in [1.82, 2.24) is 9.47 Å². The Hall–Kier alpha value is -2.77. The summed E-state index contributed by atoms with van der Waals surface area (Å²) in [5, 5.41) is 23.9. The predicted octanol–water partition coefficient (Wildman–Crippen LogP) is 6.38. The second kappa shape index (κ2) is 9.38. The van der Waals surface area contributed by atoms with Crippen molar-refractivity contribution in [1.29, 1.82) is 0 Å². The van der Waals surface area contributed by atoms with Gasteiger partial charge in [0, 0.05) is 24.2 Å². The van der Waals surface area contributed by atoms with Gasteiger partial charge in [0.2, 0.25) is 11.0 Å². The fraction of sp³-hybridized carbons (Fsp3) is 0.400. The molecular weight excluding hydrogens is 418 g/mol. The number of hydrogen-bond acceptors (Lipinski definition) is 4. The maximum atomic E-state index is 11.1. The minimum atomic E-state index is 0.121. The van der Waals surface area contributed by atoms with Gasteiger partial charge in [-0.05, 0) is 67.6 Å². The van der Waals surface area contributed by atoms with Crippen LogP contribution in [0.5, 0.6) is 5.88 Å². The predicted molar refractivity (Wildman–Crippen MR) is 135 cm³/mol. The number of hydrogen-bond donors (Lipinski definition) is 2. The number of azo groups is 1. The highest BCUT2D eigenvalue weighted by atomic mass is 32.1. The van der Waals surface area contributed by atoms with E-state index in [1.54, 1.807) is 0 Å². The number of rotatable bonds is 4. The average molecular weight is 450 g/mol. The summed E-state index contributed by atoms with van der Waals surface area (Å²) in [5.74, 6) is 1.42. The number of nitrogens with zero attached hydrogens (tertiary/aromatic N) is 4. The van der Waals surface area contributed by atoms with Crippen molar-refractivity contribution in [2.24, 2.45) is 22.1 Å². The van der Waals surface area contributed by atoms with E-state index in [2.05, 4.69) is 47.3 Å². The normalized spacial score (nSPS) is 19.6. The second-order valence-electron chi connectivity index (χ2n) is 9.12. The van der Waals surface area contributed by atoms with Crippen LogP contribution in [0.2, 0.25) is 0 Å².